The summed E-state index contributed by atoms with van der Waals surface area (Å²) in [5.74, 6) is 0.860. The molecule has 0 aliphatic rings. The third-order valence-corrected chi connectivity index (χ3v) is 5.60. The van der Waals surface area contributed by atoms with Gasteiger partial charge in [0.05, 0.1) is 9.48 Å². The van der Waals surface area contributed by atoms with E-state index in [9.17, 15) is 0 Å². The molecular formula is C8H7Br2N3S2. The van der Waals surface area contributed by atoms with Gasteiger partial charge in [-0.2, -0.15) is 0 Å². The molecule has 0 aliphatic heterocycles. The standard InChI is InChI=1S/C8H7Br2N3S2/c1-3-4(9)14-7(12-3)8-13-6(11-2)5(10)15-8/h11H,1-2H3. The van der Waals surface area contributed by atoms with E-state index in [1.165, 1.54) is 0 Å². The minimum absolute atomic E-state index is 0.860. The Morgan fingerprint density at radius 2 is 1.67 bits per heavy atom. The van der Waals surface area contributed by atoms with E-state index in [0.717, 1.165) is 29.1 Å². The normalized spacial score (nSPS) is 10.7. The predicted octanol–water partition coefficient (Wildman–Crippen LogP) is 4.14. The minimum Gasteiger partial charge on any atom is -0.371 e. The van der Waals surface area contributed by atoms with E-state index >= 15 is 0 Å². The van der Waals surface area contributed by atoms with Crippen molar-refractivity contribution < 1.29 is 0 Å². The van der Waals surface area contributed by atoms with E-state index in [2.05, 4.69) is 47.1 Å². The number of aromatic nitrogens is 2. The summed E-state index contributed by atoms with van der Waals surface area (Å²) in [6.45, 7) is 1.98. The molecule has 0 amide bonds. The van der Waals surface area contributed by atoms with Crippen molar-refractivity contribution in [2.75, 3.05) is 12.4 Å². The molecule has 0 bridgehead atoms. The van der Waals surface area contributed by atoms with Crippen LogP contribution < -0.4 is 5.32 Å². The maximum atomic E-state index is 4.44. The summed E-state index contributed by atoms with van der Waals surface area (Å²) < 4.78 is 2.07. The maximum Gasteiger partial charge on any atom is 0.155 e. The Morgan fingerprint density at radius 3 is 2.13 bits per heavy atom. The second-order valence-corrected chi connectivity index (χ2v) is 7.40. The van der Waals surface area contributed by atoms with Crippen LogP contribution in [0.5, 0.6) is 0 Å². The van der Waals surface area contributed by atoms with E-state index < -0.39 is 0 Å². The highest BCUT2D eigenvalue weighted by Crippen LogP contribution is 2.38. The van der Waals surface area contributed by atoms with Gasteiger partial charge >= 0.3 is 0 Å². The van der Waals surface area contributed by atoms with E-state index in [1.54, 1.807) is 22.7 Å². The van der Waals surface area contributed by atoms with Crippen LogP contribution in [-0.2, 0) is 0 Å². The molecule has 3 nitrogen and oxygen atoms in total. The largest absolute Gasteiger partial charge is 0.371 e. The SMILES string of the molecule is CNc1nc(-c2nc(C)c(Br)s2)sc1Br. The van der Waals surface area contributed by atoms with Crippen molar-refractivity contribution in [1.29, 1.82) is 0 Å². The monoisotopic (exact) mass is 367 g/mol. The Hall–Kier alpha value is 0.0200. The summed E-state index contributed by atoms with van der Waals surface area (Å²) in [6, 6.07) is 0. The van der Waals surface area contributed by atoms with Gasteiger partial charge in [-0.1, -0.05) is 0 Å². The van der Waals surface area contributed by atoms with Crippen LogP contribution in [0.15, 0.2) is 7.57 Å². The van der Waals surface area contributed by atoms with Crippen LogP contribution in [0.25, 0.3) is 10.0 Å². The molecule has 2 aromatic rings. The first-order valence-electron chi connectivity index (χ1n) is 4.09. The van der Waals surface area contributed by atoms with Gasteiger partial charge in [0.1, 0.15) is 3.79 Å². The van der Waals surface area contributed by atoms with Gasteiger partial charge in [0, 0.05) is 7.05 Å². The van der Waals surface area contributed by atoms with E-state index in [1.807, 2.05) is 14.0 Å². The predicted molar refractivity (Wildman–Crippen MR) is 72.9 cm³/mol. The molecule has 2 heterocycles. The van der Waals surface area contributed by atoms with Gasteiger partial charge in [-0.15, -0.1) is 22.7 Å². The molecule has 0 aliphatic carbocycles. The zero-order chi connectivity index (χ0) is 11.0. The molecule has 1 N–H and O–H groups in total. The van der Waals surface area contributed by atoms with Crippen LogP contribution in [0.2, 0.25) is 0 Å². The second-order valence-electron chi connectivity index (χ2n) is 2.77. The molecule has 0 radical (unpaired) electrons. The first-order valence-corrected chi connectivity index (χ1v) is 7.31. The van der Waals surface area contributed by atoms with Crippen LogP contribution in [-0.4, -0.2) is 17.0 Å². The number of halogens is 2. The topological polar surface area (TPSA) is 37.8 Å². The highest BCUT2D eigenvalue weighted by molar-refractivity contribution is 9.11. The quantitative estimate of drug-likeness (QED) is 0.865. The maximum absolute atomic E-state index is 4.44. The third-order valence-electron chi connectivity index (χ3n) is 1.75. The van der Waals surface area contributed by atoms with Crippen molar-refractivity contribution in [1.82, 2.24) is 9.97 Å². The van der Waals surface area contributed by atoms with Gasteiger partial charge in [-0.25, -0.2) is 9.97 Å². The Morgan fingerprint density at radius 1 is 1.07 bits per heavy atom. The summed E-state index contributed by atoms with van der Waals surface area (Å²) in [7, 11) is 1.85. The summed E-state index contributed by atoms with van der Waals surface area (Å²) >= 11 is 10.1. The molecule has 0 saturated heterocycles. The Balaban J connectivity index is 2.45. The zero-order valence-electron chi connectivity index (χ0n) is 7.97. The summed E-state index contributed by atoms with van der Waals surface area (Å²) in [5.41, 5.74) is 1.01. The lowest BCUT2D eigenvalue weighted by Crippen LogP contribution is -1.87. The fraction of sp³-hybridized carbons (Fsp3) is 0.250. The number of hydrogen-bond donors (Lipinski definition) is 1. The zero-order valence-corrected chi connectivity index (χ0v) is 12.8. The van der Waals surface area contributed by atoms with Crippen molar-refractivity contribution in [3.05, 3.63) is 13.3 Å². The lowest BCUT2D eigenvalue weighted by atomic mass is 10.6. The Labute approximate surface area is 112 Å². The molecule has 0 spiro atoms. The fourth-order valence-electron chi connectivity index (χ4n) is 1.02. The van der Waals surface area contributed by atoms with Crippen molar-refractivity contribution in [2.24, 2.45) is 0 Å². The number of aryl methyl sites for hydroxylation is 1. The van der Waals surface area contributed by atoms with Gasteiger partial charge in [0.2, 0.25) is 0 Å². The summed E-state index contributed by atoms with van der Waals surface area (Å²) in [4.78, 5) is 8.88. The molecular weight excluding hydrogens is 362 g/mol. The molecule has 2 aromatic heterocycles. The molecule has 2 rings (SSSR count). The summed E-state index contributed by atoms with van der Waals surface area (Å²) in [5, 5.41) is 4.91. The molecule has 0 aromatic carbocycles. The van der Waals surface area contributed by atoms with E-state index in [4.69, 9.17) is 0 Å². The Bertz CT molecular complexity index is 473. The first-order chi connectivity index (χ1) is 7.11. The molecule has 7 heteroatoms. The minimum atomic E-state index is 0.860. The van der Waals surface area contributed by atoms with Crippen molar-refractivity contribution in [3.8, 4) is 10.0 Å². The Kier molecular flexibility index (Phi) is 3.44. The number of thiazole rings is 2. The van der Waals surface area contributed by atoms with Gasteiger partial charge in [-0.3, -0.25) is 0 Å². The average Bonchev–Trinajstić information content (AvgIpc) is 2.71. The van der Waals surface area contributed by atoms with Gasteiger partial charge < -0.3 is 5.32 Å². The van der Waals surface area contributed by atoms with Crippen LogP contribution in [0.1, 0.15) is 5.69 Å². The lowest BCUT2D eigenvalue weighted by Gasteiger charge is -1.90. The number of rotatable bonds is 2. The van der Waals surface area contributed by atoms with Crippen molar-refractivity contribution in [2.45, 2.75) is 6.92 Å². The van der Waals surface area contributed by atoms with Crippen LogP contribution >= 0.6 is 54.5 Å². The van der Waals surface area contributed by atoms with Crippen LogP contribution in [0.3, 0.4) is 0 Å². The molecule has 0 unspecified atom stereocenters. The van der Waals surface area contributed by atoms with Crippen LogP contribution in [0, 0.1) is 6.92 Å². The number of nitrogens with zero attached hydrogens (tertiary/aromatic N) is 2. The van der Waals surface area contributed by atoms with Gasteiger partial charge in [0.15, 0.2) is 15.8 Å². The molecule has 0 atom stereocenters. The fourth-order valence-corrected chi connectivity index (χ4v) is 3.92. The van der Waals surface area contributed by atoms with Gasteiger partial charge in [-0.05, 0) is 38.8 Å². The second kappa shape index (κ2) is 4.48. The van der Waals surface area contributed by atoms with Crippen LogP contribution in [0.4, 0.5) is 5.82 Å². The number of anilines is 1. The van der Waals surface area contributed by atoms with Crippen molar-refractivity contribution >= 4 is 60.4 Å². The molecule has 80 valence electrons. The lowest BCUT2D eigenvalue weighted by molar-refractivity contribution is 1.24. The smallest absolute Gasteiger partial charge is 0.155 e. The summed E-state index contributed by atoms with van der Waals surface area (Å²) in [6.07, 6.45) is 0. The number of hydrogen-bond acceptors (Lipinski definition) is 5. The molecule has 15 heavy (non-hydrogen) atoms. The highest BCUT2D eigenvalue weighted by atomic mass is 79.9. The van der Waals surface area contributed by atoms with Crippen molar-refractivity contribution in [3.63, 3.8) is 0 Å². The van der Waals surface area contributed by atoms with E-state index in [0.29, 0.717) is 0 Å². The average molecular weight is 369 g/mol. The highest BCUT2D eigenvalue weighted by Gasteiger charge is 2.13. The number of nitrogens with one attached hydrogen (secondary N) is 1. The third kappa shape index (κ3) is 2.25. The van der Waals surface area contributed by atoms with E-state index in [-0.39, 0.29) is 0 Å². The molecule has 0 fully saturated rings. The first kappa shape index (κ1) is 11.5. The van der Waals surface area contributed by atoms with Gasteiger partial charge in [0.25, 0.3) is 0 Å². The molecule has 0 saturated carbocycles.